The summed E-state index contributed by atoms with van der Waals surface area (Å²) in [6.07, 6.45) is 1.87. The molecule has 0 aromatic heterocycles. The minimum atomic E-state index is -3.52. The number of nitrogen functional groups attached to an aromatic ring is 1. The van der Waals surface area contributed by atoms with E-state index in [0.29, 0.717) is 12.3 Å². The third kappa shape index (κ3) is 4.09. The van der Waals surface area contributed by atoms with Gasteiger partial charge in [0.05, 0.1) is 11.4 Å². The van der Waals surface area contributed by atoms with Crippen molar-refractivity contribution in [1.82, 2.24) is 4.31 Å². The Morgan fingerprint density at radius 1 is 1.30 bits per heavy atom. The van der Waals surface area contributed by atoms with E-state index >= 15 is 0 Å². The quantitative estimate of drug-likeness (QED) is 0.559. The van der Waals surface area contributed by atoms with Crippen LogP contribution in [0.5, 0.6) is 0 Å². The minimum absolute atomic E-state index is 0.129. The van der Waals surface area contributed by atoms with E-state index in [9.17, 15) is 8.42 Å². The molecule has 6 nitrogen and oxygen atoms in total. The normalized spacial score (nSPS) is 11.8. The van der Waals surface area contributed by atoms with Crippen LogP contribution in [-0.2, 0) is 14.8 Å². The lowest BCUT2D eigenvalue weighted by atomic mass is 10.2. The second-order valence-electron chi connectivity index (χ2n) is 4.63. The molecule has 1 rings (SSSR count). The maximum atomic E-state index is 12.1. The molecule has 0 heterocycles. The molecule has 0 amide bonds. The number of methoxy groups -OCH3 is 1. The summed E-state index contributed by atoms with van der Waals surface area (Å²) in [6, 6.07) is 4.98. The molecule has 0 unspecified atom stereocenters. The van der Waals surface area contributed by atoms with E-state index in [-0.39, 0.29) is 10.6 Å². The van der Waals surface area contributed by atoms with Gasteiger partial charge in [0, 0.05) is 34.4 Å². The molecule has 1 aromatic rings. The number of nitrogens with zero attached hydrogens (tertiary/aromatic N) is 1. The molecule has 20 heavy (non-hydrogen) atoms. The second-order valence-corrected chi connectivity index (χ2v) is 6.75. The first-order valence-electron chi connectivity index (χ1n) is 6.45. The number of rotatable bonds is 8. The van der Waals surface area contributed by atoms with E-state index in [4.69, 9.17) is 10.5 Å². The van der Waals surface area contributed by atoms with Crippen LogP contribution in [0.4, 0.5) is 11.4 Å². The zero-order chi connectivity index (χ0) is 15.2. The van der Waals surface area contributed by atoms with Crippen LogP contribution in [-0.4, -0.2) is 47.1 Å². The zero-order valence-electron chi connectivity index (χ0n) is 12.2. The van der Waals surface area contributed by atoms with E-state index in [1.54, 1.807) is 19.2 Å². The summed E-state index contributed by atoms with van der Waals surface area (Å²) >= 11 is 0. The number of anilines is 2. The molecule has 0 aliphatic rings. The first-order valence-corrected chi connectivity index (χ1v) is 7.89. The van der Waals surface area contributed by atoms with Crippen LogP contribution in [0, 0.1) is 0 Å². The standard InChI is InChI=1S/C13H23N3O3S/c1-16(2)20(17,18)12-8-6-7-11(13(12)14)15-9-4-5-10-19-3/h6-8,15H,4-5,9-10,14H2,1-3H3. The minimum Gasteiger partial charge on any atom is -0.396 e. The van der Waals surface area contributed by atoms with Crippen LogP contribution in [0.2, 0.25) is 0 Å². The van der Waals surface area contributed by atoms with Crippen molar-refractivity contribution >= 4 is 21.4 Å². The van der Waals surface area contributed by atoms with Gasteiger partial charge in [-0.05, 0) is 25.0 Å². The van der Waals surface area contributed by atoms with Gasteiger partial charge in [0.2, 0.25) is 10.0 Å². The Morgan fingerprint density at radius 2 is 2.00 bits per heavy atom. The predicted molar refractivity (Wildman–Crippen MR) is 81.3 cm³/mol. The third-order valence-corrected chi connectivity index (χ3v) is 4.79. The number of hydrogen-bond donors (Lipinski definition) is 2. The van der Waals surface area contributed by atoms with Gasteiger partial charge in [-0.2, -0.15) is 0 Å². The summed E-state index contributed by atoms with van der Waals surface area (Å²) in [5.41, 5.74) is 6.86. The fourth-order valence-electron chi connectivity index (χ4n) is 1.71. The van der Waals surface area contributed by atoms with Crippen LogP contribution in [0.3, 0.4) is 0 Å². The lowest BCUT2D eigenvalue weighted by Crippen LogP contribution is -2.23. The van der Waals surface area contributed by atoms with E-state index in [1.807, 2.05) is 0 Å². The molecule has 7 heteroatoms. The van der Waals surface area contributed by atoms with Gasteiger partial charge >= 0.3 is 0 Å². The molecule has 3 N–H and O–H groups in total. The van der Waals surface area contributed by atoms with E-state index in [0.717, 1.165) is 23.7 Å². The Morgan fingerprint density at radius 3 is 2.60 bits per heavy atom. The lowest BCUT2D eigenvalue weighted by Gasteiger charge is -2.16. The van der Waals surface area contributed by atoms with E-state index in [1.165, 1.54) is 20.2 Å². The number of sulfonamides is 1. The van der Waals surface area contributed by atoms with Gasteiger partial charge in [-0.3, -0.25) is 0 Å². The maximum Gasteiger partial charge on any atom is 0.244 e. The number of nitrogens with one attached hydrogen (secondary N) is 1. The Kier molecular flexibility index (Phi) is 6.25. The molecular weight excluding hydrogens is 278 g/mol. The number of unbranched alkanes of at least 4 members (excludes halogenated alkanes) is 1. The average molecular weight is 301 g/mol. The van der Waals surface area contributed by atoms with Crippen molar-refractivity contribution in [3.63, 3.8) is 0 Å². The van der Waals surface area contributed by atoms with Crippen molar-refractivity contribution < 1.29 is 13.2 Å². The van der Waals surface area contributed by atoms with Crippen molar-refractivity contribution in [2.24, 2.45) is 0 Å². The van der Waals surface area contributed by atoms with Crippen LogP contribution < -0.4 is 11.1 Å². The molecule has 0 aliphatic carbocycles. The fraction of sp³-hybridized carbons (Fsp3) is 0.538. The topological polar surface area (TPSA) is 84.7 Å². The van der Waals surface area contributed by atoms with Crippen molar-refractivity contribution in [1.29, 1.82) is 0 Å². The smallest absolute Gasteiger partial charge is 0.244 e. The number of hydrogen-bond acceptors (Lipinski definition) is 5. The first kappa shape index (κ1) is 16.7. The van der Waals surface area contributed by atoms with E-state index in [2.05, 4.69) is 5.32 Å². The second kappa shape index (κ2) is 7.47. The molecule has 0 aliphatic heterocycles. The summed E-state index contributed by atoms with van der Waals surface area (Å²) in [5, 5.41) is 3.16. The van der Waals surface area contributed by atoms with Gasteiger partial charge in [0.1, 0.15) is 4.90 Å². The Labute approximate surface area is 121 Å². The molecule has 0 saturated carbocycles. The lowest BCUT2D eigenvalue weighted by molar-refractivity contribution is 0.194. The van der Waals surface area contributed by atoms with Gasteiger partial charge in [-0.15, -0.1) is 0 Å². The van der Waals surface area contributed by atoms with Crippen LogP contribution in [0.15, 0.2) is 23.1 Å². The molecule has 0 radical (unpaired) electrons. The maximum absolute atomic E-state index is 12.1. The highest BCUT2D eigenvalue weighted by Crippen LogP contribution is 2.28. The summed E-state index contributed by atoms with van der Waals surface area (Å²) in [6.45, 7) is 1.44. The summed E-state index contributed by atoms with van der Waals surface area (Å²) in [5.74, 6) is 0. The monoisotopic (exact) mass is 301 g/mol. The average Bonchev–Trinajstić information content (AvgIpc) is 2.39. The largest absolute Gasteiger partial charge is 0.396 e. The third-order valence-electron chi connectivity index (χ3n) is 2.92. The summed E-state index contributed by atoms with van der Waals surface area (Å²) < 4.78 is 30.4. The molecule has 0 fully saturated rings. The summed E-state index contributed by atoms with van der Waals surface area (Å²) in [7, 11) is 1.12. The number of nitrogens with two attached hydrogens (primary N) is 1. The van der Waals surface area contributed by atoms with Crippen molar-refractivity contribution in [3.8, 4) is 0 Å². The highest BCUT2D eigenvalue weighted by molar-refractivity contribution is 7.89. The molecule has 0 bridgehead atoms. The van der Waals surface area contributed by atoms with Gasteiger partial charge in [-0.1, -0.05) is 6.07 Å². The van der Waals surface area contributed by atoms with Crippen molar-refractivity contribution in [3.05, 3.63) is 18.2 Å². The SMILES string of the molecule is COCCCCNc1cccc(S(=O)(=O)N(C)C)c1N. The molecular formula is C13H23N3O3S. The van der Waals surface area contributed by atoms with Crippen LogP contribution in [0.1, 0.15) is 12.8 Å². The molecule has 0 atom stereocenters. The molecule has 1 aromatic carbocycles. The van der Waals surface area contributed by atoms with Crippen LogP contribution >= 0.6 is 0 Å². The van der Waals surface area contributed by atoms with Crippen molar-refractivity contribution in [2.75, 3.05) is 45.4 Å². The van der Waals surface area contributed by atoms with E-state index < -0.39 is 10.0 Å². The number of para-hydroxylation sites is 1. The van der Waals surface area contributed by atoms with Gasteiger partial charge < -0.3 is 15.8 Å². The summed E-state index contributed by atoms with van der Waals surface area (Å²) in [4.78, 5) is 0.129. The van der Waals surface area contributed by atoms with Crippen molar-refractivity contribution in [2.45, 2.75) is 17.7 Å². The number of ether oxygens (including phenoxy) is 1. The van der Waals surface area contributed by atoms with Crippen LogP contribution in [0.25, 0.3) is 0 Å². The predicted octanol–water partition coefficient (Wildman–Crippen LogP) is 1.36. The first-order chi connectivity index (χ1) is 9.41. The Balaban J connectivity index is 2.81. The Hall–Kier alpha value is -1.31. The molecule has 114 valence electrons. The highest BCUT2D eigenvalue weighted by Gasteiger charge is 2.21. The van der Waals surface area contributed by atoms with Gasteiger partial charge in [0.25, 0.3) is 0 Å². The Bertz CT molecular complexity index is 530. The fourth-order valence-corrected chi connectivity index (χ4v) is 2.75. The van der Waals surface area contributed by atoms with Gasteiger partial charge in [-0.25, -0.2) is 12.7 Å². The zero-order valence-corrected chi connectivity index (χ0v) is 13.0. The molecule has 0 saturated heterocycles. The highest BCUT2D eigenvalue weighted by atomic mass is 32.2. The molecule has 0 spiro atoms. The number of benzene rings is 1. The van der Waals surface area contributed by atoms with Gasteiger partial charge in [0.15, 0.2) is 0 Å².